The highest BCUT2D eigenvalue weighted by atomic mass is 35.5. The highest BCUT2D eigenvalue weighted by Crippen LogP contribution is 2.22. The van der Waals surface area contributed by atoms with Crippen LogP contribution < -0.4 is 10.7 Å². The molecule has 2 aromatic rings. The molecule has 0 bridgehead atoms. The van der Waals surface area contributed by atoms with Crippen LogP contribution in [0.4, 0.5) is 0 Å². The summed E-state index contributed by atoms with van der Waals surface area (Å²) in [6, 6.07) is 6.58. The van der Waals surface area contributed by atoms with E-state index in [2.05, 4.69) is 4.98 Å². The number of benzene rings is 1. The van der Waals surface area contributed by atoms with Gasteiger partial charge in [-0.3, -0.25) is 9.59 Å². The SMILES string of the molecule is CC(C)(CCC(=O)c1cc2cc(Cl)ccc2[nH]c1=O)[S+](N)[O-]. The second-order valence-electron chi connectivity index (χ2n) is 5.72. The quantitative estimate of drug-likeness (QED) is 0.645. The molecule has 118 valence electrons. The fraction of sp³-hybridized carbons (Fsp3) is 0.333. The largest absolute Gasteiger partial charge is 0.598 e. The molecule has 0 fully saturated rings. The number of aromatic amines is 1. The predicted molar refractivity (Wildman–Crippen MR) is 89.6 cm³/mol. The number of hydrogen-bond acceptors (Lipinski definition) is 4. The van der Waals surface area contributed by atoms with Crippen LogP contribution in [0.15, 0.2) is 29.1 Å². The first kappa shape index (κ1) is 17.0. The summed E-state index contributed by atoms with van der Waals surface area (Å²) in [6.45, 7) is 3.45. The maximum atomic E-state index is 12.3. The fourth-order valence-electron chi connectivity index (χ4n) is 2.03. The summed E-state index contributed by atoms with van der Waals surface area (Å²) >= 11 is 4.39. The van der Waals surface area contributed by atoms with E-state index >= 15 is 0 Å². The lowest BCUT2D eigenvalue weighted by atomic mass is 10.0. The number of aromatic nitrogens is 1. The minimum Gasteiger partial charge on any atom is -0.598 e. The molecule has 1 aromatic carbocycles. The molecular formula is C15H17ClN2O3S. The van der Waals surface area contributed by atoms with Crippen molar-refractivity contribution < 1.29 is 9.35 Å². The van der Waals surface area contributed by atoms with Gasteiger partial charge >= 0.3 is 0 Å². The summed E-state index contributed by atoms with van der Waals surface area (Å²) in [5.41, 5.74) is 0.259. The number of H-pyrrole nitrogens is 1. The Balaban J connectivity index is 2.28. The molecule has 0 amide bonds. The minimum atomic E-state index is -1.54. The van der Waals surface area contributed by atoms with Crippen LogP contribution in [0.1, 0.15) is 37.0 Å². The van der Waals surface area contributed by atoms with E-state index in [1.807, 2.05) is 0 Å². The Morgan fingerprint density at radius 2 is 2.09 bits per heavy atom. The van der Waals surface area contributed by atoms with Gasteiger partial charge in [0.15, 0.2) is 5.78 Å². The number of nitrogens with two attached hydrogens (primary N) is 1. The van der Waals surface area contributed by atoms with Crippen molar-refractivity contribution in [2.24, 2.45) is 5.14 Å². The molecule has 1 unspecified atom stereocenters. The molecular weight excluding hydrogens is 324 g/mol. The van der Waals surface area contributed by atoms with Crippen molar-refractivity contribution in [1.82, 2.24) is 4.98 Å². The number of rotatable bonds is 5. The maximum Gasteiger partial charge on any atom is 0.259 e. The molecule has 0 aliphatic rings. The van der Waals surface area contributed by atoms with Crippen molar-refractivity contribution in [2.45, 2.75) is 31.4 Å². The monoisotopic (exact) mass is 340 g/mol. The van der Waals surface area contributed by atoms with Gasteiger partial charge in [0.05, 0.1) is 5.56 Å². The maximum absolute atomic E-state index is 12.3. The molecule has 3 N–H and O–H groups in total. The minimum absolute atomic E-state index is 0.0772. The molecule has 0 aliphatic heterocycles. The molecule has 5 nitrogen and oxygen atoms in total. The van der Waals surface area contributed by atoms with Gasteiger partial charge in [-0.2, -0.15) is 5.14 Å². The number of pyridine rings is 1. The zero-order valence-electron chi connectivity index (χ0n) is 12.3. The number of carbonyl (C=O) groups excluding carboxylic acids is 1. The summed E-state index contributed by atoms with van der Waals surface area (Å²) in [5, 5.41) is 6.61. The predicted octanol–water partition coefficient (Wildman–Crippen LogP) is 2.55. The van der Waals surface area contributed by atoms with E-state index in [-0.39, 0.29) is 17.8 Å². The van der Waals surface area contributed by atoms with Crippen LogP contribution in [-0.4, -0.2) is 20.1 Å². The van der Waals surface area contributed by atoms with Crippen molar-refractivity contribution in [2.75, 3.05) is 0 Å². The molecule has 1 aromatic heterocycles. The molecule has 0 radical (unpaired) electrons. The van der Waals surface area contributed by atoms with Crippen LogP contribution in [0.5, 0.6) is 0 Å². The number of Topliss-reactive ketones (excluding diaryl/α,β-unsaturated/α-hetero) is 1. The Kier molecular flexibility index (Phi) is 4.97. The van der Waals surface area contributed by atoms with Gasteiger partial charge < -0.3 is 9.54 Å². The van der Waals surface area contributed by atoms with E-state index in [9.17, 15) is 14.1 Å². The molecule has 0 saturated heterocycles. The molecule has 1 atom stereocenters. The molecule has 2 rings (SSSR count). The standard InChI is InChI=1S/C15H17ClN2O3S/c1-15(2,22(17)21)6-5-13(19)11-8-9-7-10(16)3-4-12(9)18-14(11)20/h3-4,7-8H,5-6,17H2,1-2H3,(H,18,20). The topological polar surface area (TPSA) is 99.0 Å². The molecule has 22 heavy (non-hydrogen) atoms. The van der Waals surface area contributed by atoms with Gasteiger partial charge in [0.2, 0.25) is 0 Å². The Bertz CT molecular complexity index is 771. The number of halogens is 1. The Labute approximate surface area is 136 Å². The van der Waals surface area contributed by atoms with E-state index in [0.29, 0.717) is 22.3 Å². The average Bonchev–Trinajstić information content (AvgIpc) is 2.44. The number of ketones is 1. The smallest absolute Gasteiger partial charge is 0.259 e. The van der Waals surface area contributed by atoms with Gasteiger partial charge in [-0.15, -0.1) is 0 Å². The number of hydrogen-bond donors (Lipinski definition) is 2. The van der Waals surface area contributed by atoms with Crippen molar-refractivity contribution in [3.8, 4) is 0 Å². The van der Waals surface area contributed by atoms with Crippen molar-refractivity contribution in [3.05, 3.63) is 45.2 Å². The highest BCUT2D eigenvalue weighted by Gasteiger charge is 2.30. The van der Waals surface area contributed by atoms with Crippen molar-refractivity contribution in [3.63, 3.8) is 0 Å². The first-order valence-electron chi connectivity index (χ1n) is 6.73. The van der Waals surface area contributed by atoms with Gasteiger partial charge in [-0.05, 0) is 38.1 Å². The lowest BCUT2D eigenvalue weighted by molar-refractivity contribution is 0.0975. The Morgan fingerprint density at radius 3 is 2.73 bits per heavy atom. The van der Waals surface area contributed by atoms with Gasteiger partial charge in [0, 0.05) is 40.1 Å². The van der Waals surface area contributed by atoms with Crippen LogP contribution in [0, 0.1) is 0 Å². The Hall–Kier alpha value is -1.34. The lowest BCUT2D eigenvalue weighted by Crippen LogP contribution is -2.38. The molecule has 1 heterocycles. The first-order chi connectivity index (χ1) is 10.2. The van der Waals surface area contributed by atoms with E-state index in [0.717, 1.165) is 0 Å². The zero-order chi connectivity index (χ0) is 16.5. The normalized spacial score (nSPS) is 13.3. The van der Waals surface area contributed by atoms with Gasteiger partial charge in [-0.1, -0.05) is 11.6 Å². The van der Waals surface area contributed by atoms with Crippen LogP contribution in [0.2, 0.25) is 5.02 Å². The molecule has 0 saturated carbocycles. The van der Waals surface area contributed by atoms with Crippen LogP contribution in [0.25, 0.3) is 10.9 Å². The lowest BCUT2D eigenvalue weighted by Gasteiger charge is -2.23. The third kappa shape index (κ3) is 3.70. The van der Waals surface area contributed by atoms with E-state index in [4.69, 9.17) is 16.7 Å². The number of carbonyl (C=O) groups is 1. The van der Waals surface area contributed by atoms with Gasteiger partial charge in [-0.25, -0.2) is 0 Å². The number of nitrogens with one attached hydrogen (secondary N) is 1. The van der Waals surface area contributed by atoms with Crippen LogP contribution >= 0.6 is 11.6 Å². The Morgan fingerprint density at radius 1 is 1.41 bits per heavy atom. The van der Waals surface area contributed by atoms with E-state index in [1.54, 1.807) is 32.0 Å². The zero-order valence-corrected chi connectivity index (χ0v) is 13.9. The average molecular weight is 341 g/mol. The van der Waals surface area contributed by atoms with Crippen LogP contribution in [0.3, 0.4) is 0 Å². The van der Waals surface area contributed by atoms with Gasteiger partial charge in [0.1, 0.15) is 4.75 Å². The fourth-order valence-corrected chi connectivity index (χ4v) is 2.52. The number of fused-ring (bicyclic) bond motifs is 1. The third-order valence-electron chi connectivity index (χ3n) is 3.61. The van der Waals surface area contributed by atoms with E-state index < -0.39 is 21.7 Å². The second kappa shape index (κ2) is 6.42. The molecule has 0 aliphatic carbocycles. The third-order valence-corrected chi connectivity index (χ3v) is 5.13. The van der Waals surface area contributed by atoms with Gasteiger partial charge in [0.25, 0.3) is 5.56 Å². The van der Waals surface area contributed by atoms with Crippen molar-refractivity contribution in [1.29, 1.82) is 0 Å². The van der Waals surface area contributed by atoms with E-state index in [1.165, 1.54) is 6.07 Å². The summed E-state index contributed by atoms with van der Waals surface area (Å²) in [5.74, 6) is -0.304. The summed E-state index contributed by atoms with van der Waals surface area (Å²) in [4.78, 5) is 27.0. The first-order valence-corrected chi connectivity index (χ1v) is 8.32. The molecule has 7 heteroatoms. The summed E-state index contributed by atoms with van der Waals surface area (Å²) in [7, 11) is 0. The van der Waals surface area contributed by atoms with Crippen molar-refractivity contribution >= 4 is 39.6 Å². The summed E-state index contributed by atoms with van der Waals surface area (Å²) < 4.78 is 10.7. The highest BCUT2D eigenvalue weighted by molar-refractivity contribution is 7.90. The molecule has 0 spiro atoms. The summed E-state index contributed by atoms with van der Waals surface area (Å²) in [6.07, 6.45) is 0.438. The van der Waals surface area contributed by atoms with Crippen LogP contribution in [-0.2, 0) is 11.4 Å². The second-order valence-corrected chi connectivity index (χ2v) is 7.86.